The van der Waals surface area contributed by atoms with Crippen molar-refractivity contribution in [2.45, 2.75) is 38.5 Å². The Bertz CT molecular complexity index is 192. The number of ether oxygens (including phenoxy) is 2. The second kappa shape index (κ2) is 6.66. The van der Waals surface area contributed by atoms with Gasteiger partial charge >= 0.3 is 12.1 Å². The minimum atomic E-state index is -4.42. The van der Waals surface area contributed by atoms with Crippen molar-refractivity contribution in [1.29, 1.82) is 0 Å². The molecule has 0 spiro atoms. The van der Waals surface area contributed by atoms with Crippen LogP contribution in [-0.2, 0) is 14.3 Å². The van der Waals surface area contributed by atoms with Gasteiger partial charge in [-0.05, 0) is 6.42 Å². The van der Waals surface area contributed by atoms with Gasteiger partial charge in [-0.2, -0.15) is 13.2 Å². The maximum atomic E-state index is 11.8. The van der Waals surface area contributed by atoms with Gasteiger partial charge in [0.1, 0.15) is 6.61 Å². The SMILES string of the molecule is CCCCC(OCC(F)(F)F)C(=O)OC. The molecule has 15 heavy (non-hydrogen) atoms. The molecule has 0 aliphatic carbocycles. The quantitative estimate of drug-likeness (QED) is 0.654. The summed E-state index contributed by atoms with van der Waals surface area (Å²) in [5, 5.41) is 0. The molecule has 0 aromatic carbocycles. The first-order valence-electron chi connectivity index (χ1n) is 4.67. The molecular weight excluding hydrogens is 213 g/mol. The van der Waals surface area contributed by atoms with Crippen molar-refractivity contribution in [3.8, 4) is 0 Å². The number of unbranched alkanes of at least 4 members (excludes halogenated alkanes) is 1. The van der Waals surface area contributed by atoms with E-state index in [1.165, 1.54) is 0 Å². The van der Waals surface area contributed by atoms with Crippen molar-refractivity contribution in [3.05, 3.63) is 0 Å². The van der Waals surface area contributed by atoms with Crippen LogP contribution in [0.1, 0.15) is 26.2 Å². The number of hydrogen-bond acceptors (Lipinski definition) is 3. The summed E-state index contributed by atoms with van der Waals surface area (Å²) in [6, 6.07) is 0. The van der Waals surface area contributed by atoms with Gasteiger partial charge in [-0.1, -0.05) is 19.8 Å². The van der Waals surface area contributed by atoms with E-state index < -0.39 is 24.9 Å². The lowest BCUT2D eigenvalue weighted by Crippen LogP contribution is -2.30. The number of halogens is 3. The highest BCUT2D eigenvalue weighted by Crippen LogP contribution is 2.17. The Kier molecular flexibility index (Phi) is 6.31. The third-order valence-electron chi connectivity index (χ3n) is 1.73. The Morgan fingerprint density at radius 1 is 1.40 bits per heavy atom. The Labute approximate surface area is 86.5 Å². The number of esters is 1. The fraction of sp³-hybridized carbons (Fsp3) is 0.889. The second-order valence-corrected chi connectivity index (χ2v) is 3.08. The highest BCUT2D eigenvalue weighted by atomic mass is 19.4. The molecule has 0 saturated heterocycles. The molecule has 3 nitrogen and oxygen atoms in total. The molecule has 1 atom stereocenters. The zero-order valence-corrected chi connectivity index (χ0v) is 8.76. The molecule has 0 amide bonds. The van der Waals surface area contributed by atoms with Gasteiger partial charge < -0.3 is 9.47 Å². The van der Waals surface area contributed by atoms with Gasteiger partial charge in [-0.3, -0.25) is 0 Å². The van der Waals surface area contributed by atoms with E-state index in [2.05, 4.69) is 9.47 Å². The van der Waals surface area contributed by atoms with Crippen LogP contribution in [0.25, 0.3) is 0 Å². The van der Waals surface area contributed by atoms with Gasteiger partial charge in [0.15, 0.2) is 6.10 Å². The predicted octanol–water partition coefficient (Wildman–Crippen LogP) is 2.30. The number of alkyl halides is 3. The molecule has 1 unspecified atom stereocenters. The van der Waals surface area contributed by atoms with Gasteiger partial charge in [0.05, 0.1) is 7.11 Å². The molecule has 0 fully saturated rings. The Hall–Kier alpha value is -0.780. The van der Waals surface area contributed by atoms with Gasteiger partial charge in [-0.25, -0.2) is 4.79 Å². The second-order valence-electron chi connectivity index (χ2n) is 3.08. The maximum Gasteiger partial charge on any atom is 0.411 e. The lowest BCUT2D eigenvalue weighted by molar-refractivity contribution is -0.194. The normalized spacial score (nSPS) is 13.7. The van der Waals surface area contributed by atoms with E-state index in [0.29, 0.717) is 6.42 Å². The molecule has 0 saturated carbocycles. The molecule has 0 aliphatic heterocycles. The average Bonchev–Trinajstić information content (AvgIpc) is 2.15. The van der Waals surface area contributed by atoms with Gasteiger partial charge in [0.25, 0.3) is 0 Å². The predicted molar refractivity (Wildman–Crippen MR) is 47.3 cm³/mol. The Morgan fingerprint density at radius 3 is 2.40 bits per heavy atom. The van der Waals surface area contributed by atoms with Crippen molar-refractivity contribution < 1.29 is 27.4 Å². The van der Waals surface area contributed by atoms with E-state index in [0.717, 1.165) is 13.5 Å². The fourth-order valence-electron chi connectivity index (χ4n) is 0.985. The summed E-state index contributed by atoms with van der Waals surface area (Å²) in [6.45, 7) is 0.453. The molecule has 0 radical (unpaired) electrons. The molecule has 0 rings (SSSR count). The molecule has 0 aromatic rings. The first kappa shape index (κ1) is 14.2. The van der Waals surface area contributed by atoms with Crippen LogP contribution in [-0.4, -0.2) is 32.0 Å². The van der Waals surface area contributed by atoms with E-state index in [1.807, 2.05) is 6.92 Å². The molecule has 6 heteroatoms. The topological polar surface area (TPSA) is 35.5 Å². The van der Waals surface area contributed by atoms with E-state index >= 15 is 0 Å². The van der Waals surface area contributed by atoms with E-state index in [4.69, 9.17) is 0 Å². The minimum Gasteiger partial charge on any atom is -0.467 e. The van der Waals surface area contributed by atoms with Crippen molar-refractivity contribution in [2.24, 2.45) is 0 Å². The van der Waals surface area contributed by atoms with Crippen molar-refractivity contribution in [1.82, 2.24) is 0 Å². The lowest BCUT2D eigenvalue weighted by Gasteiger charge is -2.16. The maximum absolute atomic E-state index is 11.8. The van der Waals surface area contributed by atoms with Crippen LogP contribution in [0.5, 0.6) is 0 Å². The number of carbonyl (C=O) groups is 1. The van der Waals surface area contributed by atoms with Crippen molar-refractivity contribution in [3.63, 3.8) is 0 Å². The summed E-state index contributed by atoms with van der Waals surface area (Å²) in [5.74, 6) is -0.757. The van der Waals surface area contributed by atoms with Crippen LogP contribution in [0.4, 0.5) is 13.2 Å². The van der Waals surface area contributed by atoms with Gasteiger partial charge in [0, 0.05) is 0 Å². The van der Waals surface area contributed by atoms with Crippen LogP contribution in [0.3, 0.4) is 0 Å². The minimum absolute atomic E-state index is 0.249. The van der Waals surface area contributed by atoms with E-state index in [1.54, 1.807) is 0 Å². The number of hydrogen-bond donors (Lipinski definition) is 0. The molecule has 90 valence electrons. The number of carbonyl (C=O) groups excluding carboxylic acids is 1. The lowest BCUT2D eigenvalue weighted by atomic mass is 10.1. The Balaban J connectivity index is 4.07. The largest absolute Gasteiger partial charge is 0.467 e. The van der Waals surface area contributed by atoms with Crippen LogP contribution in [0.15, 0.2) is 0 Å². The molecule has 0 N–H and O–H groups in total. The van der Waals surface area contributed by atoms with Crippen LogP contribution < -0.4 is 0 Å². The zero-order chi connectivity index (χ0) is 11.9. The summed E-state index contributed by atoms with van der Waals surface area (Å²) in [4.78, 5) is 11.0. The number of methoxy groups -OCH3 is 1. The first-order valence-corrected chi connectivity index (χ1v) is 4.67. The van der Waals surface area contributed by atoms with E-state index in [9.17, 15) is 18.0 Å². The first-order chi connectivity index (χ1) is 6.90. The fourth-order valence-corrected chi connectivity index (χ4v) is 0.985. The van der Waals surface area contributed by atoms with Crippen LogP contribution in [0, 0.1) is 0 Å². The van der Waals surface area contributed by atoms with Gasteiger partial charge in [0.2, 0.25) is 0 Å². The monoisotopic (exact) mass is 228 g/mol. The highest BCUT2D eigenvalue weighted by molar-refractivity contribution is 5.74. The third-order valence-corrected chi connectivity index (χ3v) is 1.73. The molecular formula is C9H15F3O3. The van der Waals surface area contributed by atoms with Gasteiger partial charge in [-0.15, -0.1) is 0 Å². The van der Waals surface area contributed by atoms with Crippen LogP contribution >= 0.6 is 0 Å². The van der Waals surface area contributed by atoms with Crippen molar-refractivity contribution >= 4 is 5.97 Å². The standard InChI is InChI=1S/C9H15F3O3/c1-3-4-5-7(8(13)14-2)15-6-9(10,11)12/h7H,3-6H2,1-2H3. The highest BCUT2D eigenvalue weighted by Gasteiger charge is 2.31. The molecule has 0 bridgehead atoms. The molecule has 0 heterocycles. The number of rotatable bonds is 6. The van der Waals surface area contributed by atoms with Crippen molar-refractivity contribution in [2.75, 3.05) is 13.7 Å². The van der Waals surface area contributed by atoms with Crippen LogP contribution in [0.2, 0.25) is 0 Å². The summed E-state index contributed by atoms with van der Waals surface area (Å²) >= 11 is 0. The summed E-state index contributed by atoms with van der Waals surface area (Å²) in [6.07, 6.45) is -3.88. The zero-order valence-electron chi connectivity index (χ0n) is 8.76. The summed E-state index contributed by atoms with van der Waals surface area (Å²) < 4.78 is 44.3. The smallest absolute Gasteiger partial charge is 0.411 e. The van der Waals surface area contributed by atoms with E-state index in [-0.39, 0.29) is 6.42 Å². The summed E-state index contributed by atoms with van der Waals surface area (Å²) in [7, 11) is 1.12. The Morgan fingerprint density at radius 2 is 2.00 bits per heavy atom. The third kappa shape index (κ3) is 7.18. The molecule has 0 aromatic heterocycles. The molecule has 0 aliphatic rings. The summed E-state index contributed by atoms with van der Waals surface area (Å²) in [5.41, 5.74) is 0. The average molecular weight is 228 g/mol.